The molecule has 2 aliphatic heterocycles. The summed E-state index contributed by atoms with van der Waals surface area (Å²) in [6, 6.07) is 2.45. The lowest BCUT2D eigenvalue weighted by atomic mass is 9.79. The summed E-state index contributed by atoms with van der Waals surface area (Å²) in [7, 11) is 0. The van der Waals surface area contributed by atoms with Gasteiger partial charge >= 0.3 is 0 Å². The molecule has 26 heavy (non-hydrogen) atoms. The normalized spacial score (nSPS) is 16.8. The fourth-order valence-corrected chi connectivity index (χ4v) is 3.95. The van der Waals surface area contributed by atoms with Crippen LogP contribution in [0.2, 0.25) is 0 Å². The number of hydrogen-bond acceptors (Lipinski definition) is 8. The van der Waals surface area contributed by atoms with E-state index in [9.17, 15) is 19.8 Å². The van der Waals surface area contributed by atoms with Crippen LogP contribution >= 0.6 is 0 Å². The van der Waals surface area contributed by atoms with Crippen LogP contribution < -0.4 is 21.3 Å². The van der Waals surface area contributed by atoms with Gasteiger partial charge in [-0.05, 0) is 12.1 Å². The van der Waals surface area contributed by atoms with Crippen molar-refractivity contribution in [1.29, 1.82) is 0 Å². The molecule has 0 unspecified atom stereocenters. The average Bonchev–Trinajstić information content (AvgIpc) is 2.61. The van der Waals surface area contributed by atoms with Crippen LogP contribution in [0.15, 0.2) is 12.1 Å². The third-order valence-corrected chi connectivity index (χ3v) is 5.03. The number of rotatable bonds is 0. The van der Waals surface area contributed by atoms with Gasteiger partial charge in [-0.15, -0.1) is 0 Å². The number of fused-ring (bicyclic) bond motifs is 4. The first kappa shape index (κ1) is 14.9. The van der Waals surface area contributed by atoms with Crippen LogP contribution in [0.25, 0.3) is 0 Å². The van der Waals surface area contributed by atoms with Crippen LogP contribution in [0.4, 0.5) is 22.7 Å². The highest BCUT2D eigenvalue weighted by Gasteiger charge is 2.41. The number of nitrogens with one attached hydrogen (secondary N) is 4. The first-order chi connectivity index (χ1) is 12.6. The molecular formula is C18H16N4O4. The first-order valence-corrected chi connectivity index (χ1v) is 8.43. The Bertz CT molecular complexity index is 935. The molecule has 6 N–H and O–H groups in total. The molecule has 0 amide bonds. The second kappa shape index (κ2) is 5.04. The number of ketones is 2. The number of benzene rings is 2. The number of phenols is 2. The van der Waals surface area contributed by atoms with Gasteiger partial charge in [0.15, 0.2) is 0 Å². The Hall–Kier alpha value is -3.42. The molecule has 1 aliphatic carbocycles. The Kier molecular flexibility index (Phi) is 2.89. The smallest absolute Gasteiger partial charge is 0.200 e. The number of carbonyl (C=O) groups is 2. The van der Waals surface area contributed by atoms with Crippen molar-refractivity contribution in [1.82, 2.24) is 0 Å². The van der Waals surface area contributed by atoms with E-state index in [1.54, 1.807) is 0 Å². The van der Waals surface area contributed by atoms with Crippen molar-refractivity contribution < 1.29 is 19.8 Å². The topological polar surface area (TPSA) is 123 Å². The maximum absolute atomic E-state index is 13.2. The van der Waals surface area contributed by atoms with Crippen LogP contribution in [0, 0.1) is 0 Å². The van der Waals surface area contributed by atoms with Crippen LogP contribution in [-0.4, -0.2) is 48.0 Å². The summed E-state index contributed by atoms with van der Waals surface area (Å²) in [5.74, 6) is -1.59. The molecule has 0 aromatic heterocycles. The molecule has 0 spiro atoms. The van der Waals surface area contributed by atoms with Gasteiger partial charge in [-0.1, -0.05) is 0 Å². The van der Waals surface area contributed by atoms with Gasteiger partial charge in [-0.3, -0.25) is 9.59 Å². The minimum absolute atomic E-state index is 0.152. The van der Waals surface area contributed by atoms with Gasteiger partial charge in [0.2, 0.25) is 11.6 Å². The predicted molar refractivity (Wildman–Crippen MR) is 97.0 cm³/mol. The van der Waals surface area contributed by atoms with Crippen LogP contribution in [0.1, 0.15) is 31.8 Å². The second-order valence-electron chi connectivity index (χ2n) is 6.47. The van der Waals surface area contributed by atoms with Crippen molar-refractivity contribution in [2.45, 2.75) is 0 Å². The maximum Gasteiger partial charge on any atom is 0.200 e. The van der Waals surface area contributed by atoms with Gasteiger partial charge in [-0.25, -0.2) is 0 Å². The molecule has 2 heterocycles. The largest absolute Gasteiger partial charge is 0.507 e. The molecule has 132 valence electrons. The van der Waals surface area contributed by atoms with E-state index in [0.717, 1.165) is 11.4 Å². The number of aromatic hydroxyl groups is 2. The van der Waals surface area contributed by atoms with Crippen molar-refractivity contribution in [2.24, 2.45) is 0 Å². The number of carbonyl (C=O) groups excluding carboxylic acids is 2. The van der Waals surface area contributed by atoms with Crippen LogP contribution in [0.5, 0.6) is 11.5 Å². The van der Waals surface area contributed by atoms with Gasteiger partial charge in [-0.2, -0.15) is 0 Å². The lowest BCUT2D eigenvalue weighted by molar-refractivity contribution is 0.0975. The molecule has 0 saturated carbocycles. The number of hydrogen-bond donors (Lipinski definition) is 6. The average molecular weight is 352 g/mol. The predicted octanol–water partition coefficient (Wildman–Crippen LogP) is 1.55. The zero-order valence-corrected chi connectivity index (χ0v) is 13.7. The fourth-order valence-electron chi connectivity index (χ4n) is 3.95. The molecule has 0 atom stereocenters. The molecule has 5 rings (SSSR count). The highest BCUT2D eigenvalue weighted by atomic mass is 16.3. The lowest BCUT2D eigenvalue weighted by Gasteiger charge is -2.34. The zero-order chi connectivity index (χ0) is 18.0. The number of anilines is 4. The summed E-state index contributed by atoms with van der Waals surface area (Å²) in [4.78, 5) is 26.5. The molecule has 8 nitrogen and oxygen atoms in total. The van der Waals surface area contributed by atoms with Gasteiger partial charge in [0, 0.05) is 26.2 Å². The quantitative estimate of drug-likeness (QED) is 0.337. The summed E-state index contributed by atoms with van der Waals surface area (Å²) in [6.45, 7) is 2.53. The molecule has 3 aliphatic rings. The van der Waals surface area contributed by atoms with Crippen LogP contribution in [0.3, 0.4) is 0 Å². The molecule has 0 saturated heterocycles. The standard InChI is InChI=1S/C18H16N4O4/c23-7-1-2-8(24)10-9(7)17(25)11-12(18(10)26)14-16-15(21-5-6-22-16)13(11)19-3-4-20-14/h1-2,19-24H,3-6H2. The zero-order valence-electron chi connectivity index (χ0n) is 13.7. The Morgan fingerprint density at radius 3 is 1.31 bits per heavy atom. The highest BCUT2D eigenvalue weighted by molar-refractivity contribution is 6.35. The van der Waals surface area contributed by atoms with E-state index in [4.69, 9.17) is 0 Å². The van der Waals surface area contributed by atoms with E-state index in [0.29, 0.717) is 37.6 Å². The van der Waals surface area contributed by atoms with Gasteiger partial charge in [0.05, 0.1) is 45.0 Å². The van der Waals surface area contributed by atoms with E-state index in [1.807, 2.05) is 0 Å². The number of phenolic OH excluding ortho intramolecular Hbond substituents is 2. The Morgan fingerprint density at radius 2 is 0.923 bits per heavy atom. The lowest BCUT2D eigenvalue weighted by Crippen LogP contribution is -2.32. The van der Waals surface area contributed by atoms with Crippen LogP contribution in [-0.2, 0) is 0 Å². The Balaban J connectivity index is 1.91. The molecule has 0 fully saturated rings. The second-order valence-corrected chi connectivity index (χ2v) is 6.47. The maximum atomic E-state index is 13.2. The van der Waals surface area contributed by atoms with Gasteiger partial charge in [0.1, 0.15) is 11.5 Å². The third-order valence-electron chi connectivity index (χ3n) is 5.03. The first-order valence-electron chi connectivity index (χ1n) is 8.43. The van der Waals surface area contributed by atoms with E-state index in [-0.39, 0.29) is 33.8 Å². The minimum Gasteiger partial charge on any atom is -0.507 e. The van der Waals surface area contributed by atoms with E-state index in [2.05, 4.69) is 21.3 Å². The van der Waals surface area contributed by atoms with E-state index >= 15 is 0 Å². The molecule has 2 bridgehead atoms. The van der Waals surface area contributed by atoms with Crippen molar-refractivity contribution in [3.63, 3.8) is 0 Å². The summed E-state index contributed by atoms with van der Waals surface area (Å²) in [5.41, 5.74) is 2.73. The summed E-state index contributed by atoms with van der Waals surface area (Å²) in [6.07, 6.45) is 0. The minimum atomic E-state index is -0.481. The highest BCUT2D eigenvalue weighted by Crippen LogP contribution is 2.50. The van der Waals surface area contributed by atoms with Crippen molar-refractivity contribution in [3.8, 4) is 11.5 Å². The third kappa shape index (κ3) is 1.73. The summed E-state index contributed by atoms with van der Waals surface area (Å²) >= 11 is 0. The van der Waals surface area contributed by atoms with E-state index < -0.39 is 11.6 Å². The van der Waals surface area contributed by atoms with Crippen molar-refractivity contribution in [2.75, 3.05) is 47.4 Å². The van der Waals surface area contributed by atoms with Crippen molar-refractivity contribution in [3.05, 3.63) is 34.4 Å². The fraction of sp³-hybridized carbons (Fsp3) is 0.222. The molecule has 2 aromatic rings. The van der Waals surface area contributed by atoms with Gasteiger partial charge in [0.25, 0.3) is 0 Å². The van der Waals surface area contributed by atoms with Crippen molar-refractivity contribution >= 4 is 34.3 Å². The molecule has 0 radical (unpaired) electrons. The van der Waals surface area contributed by atoms with E-state index in [1.165, 1.54) is 12.1 Å². The Labute approximate surface area is 148 Å². The van der Waals surface area contributed by atoms with Gasteiger partial charge < -0.3 is 31.5 Å². The Morgan fingerprint density at radius 1 is 0.577 bits per heavy atom. The summed E-state index contributed by atoms with van der Waals surface area (Å²) < 4.78 is 0. The monoisotopic (exact) mass is 352 g/mol. The molecule has 8 heteroatoms. The summed E-state index contributed by atoms with van der Waals surface area (Å²) in [5, 5.41) is 33.4. The molecular weight excluding hydrogens is 336 g/mol. The SMILES string of the molecule is O=C1c2c(O)ccc(O)c2C(=O)c2c3c4c(c(c21)NCCN3)NCCN4. The molecule has 2 aromatic carbocycles.